The second-order valence-electron chi connectivity index (χ2n) is 7.45. The van der Waals surface area contributed by atoms with E-state index in [2.05, 4.69) is 15.2 Å². The number of nitrogens with one attached hydrogen (secondary N) is 1. The van der Waals surface area contributed by atoms with Gasteiger partial charge in [-0.3, -0.25) is 14.9 Å². The van der Waals surface area contributed by atoms with Crippen molar-refractivity contribution in [1.82, 2.24) is 20.1 Å². The molecule has 3 heterocycles. The van der Waals surface area contributed by atoms with Crippen molar-refractivity contribution in [2.75, 3.05) is 7.11 Å². The fourth-order valence-electron chi connectivity index (χ4n) is 4.04. The molecule has 1 atom stereocenters. The molecule has 5 rings (SSSR count). The molecule has 8 heteroatoms. The number of methoxy groups -OCH3 is 1. The zero-order chi connectivity index (χ0) is 22.2. The predicted octanol–water partition coefficient (Wildman–Crippen LogP) is 5.53. The summed E-state index contributed by atoms with van der Waals surface area (Å²) in [7, 11) is 1.62. The predicted molar refractivity (Wildman–Crippen MR) is 123 cm³/mol. The highest BCUT2D eigenvalue weighted by Crippen LogP contribution is 2.44. The van der Waals surface area contributed by atoms with Crippen LogP contribution < -0.4 is 4.74 Å². The van der Waals surface area contributed by atoms with E-state index < -0.39 is 0 Å². The van der Waals surface area contributed by atoms with Gasteiger partial charge in [-0.2, -0.15) is 5.10 Å². The third-order valence-corrected chi connectivity index (χ3v) is 6.33. The lowest BCUT2D eigenvalue weighted by Crippen LogP contribution is -2.29. The molecule has 1 unspecified atom stereocenters. The van der Waals surface area contributed by atoms with Crippen molar-refractivity contribution in [3.05, 3.63) is 99.4 Å². The number of hydrogen-bond donors (Lipinski definition) is 1. The van der Waals surface area contributed by atoms with Crippen LogP contribution in [0.3, 0.4) is 0 Å². The number of fused-ring (bicyclic) bond motifs is 1. The molecule has 1 N–H and O–H groups in total. The number of aromatic amines is 1. The van der Waals surface area contributed by atoms with Crippen LogP contribution in [0.1, 0.15) is 33.2 Å². The van der Waals surface area contributed by atoms with Crippen LogP contribution in [0.4, 0.5) is 0 Å². The molecule has 160 valence electrons. The van der Waals surface area contributed by atoms with Crippen molar-refractivity contribution in [2.24, 2.45) is 0 Å². The van der Waals surface area contributed by atoms with Gasteiger partial charge in [-0.25, -0.2) is 0 Å². The number of rotatable bonds is 5. The number of carbonyl (C=O) groups is 1. The van der Waals surface area contributed by atoms with E-state index in [9.17, 15) is 4.79 Å². The summed E-state index contributed by atoms with van der Waals surface area (Å²) in [6.45, 7) is 0.414. The number of nitrogens with zero attached hydrogens (tertiary/aromatic N) is 3. The highest BCUT2D eigenvalue weighted by atomic mass is 35.5. The standard InChI is InChI=1S/C24H18Cl2N4O2/c1-32-17-5-2-15(3-6-17)21-20-22(29-28-21)24(31)30(13-14-8-10-27-11-9-14)23(20)16-4-7-18(25)19(26)12-16/h2-12,23H,13H2,1H3,(H,28,29). The van der Waals surface area contributed by atoms with E-state index in [0.717, 1.165) is 28.0 Å². The van der Waals surface area contributed by atoms with Crippen molar-refractivity contribution in [1.29, 1.82) is 0 Å². The number of halogens is 2. The first-order chi connectivity index (χ1) is 15.6. The van der Waals surface area contributed by atoms with Gasteiger partial charge in [0.1, 0.15) is 11.4 Å². The molecule has 1 aliphatic rings. The number of amides is 1. The molecule has 0 fully saturated rings. The normalized spacial score (nSPS) is 15.2. The maximum atomic E-state index is 13.4. The molecule has 0 bridgehead atoms. The molecule has 4 aromatic rings. The SMILES string of the molecule is COc1ccc(-c2n[nH]c3c2C(c2ccc(Cl)c(Cl)c2)N(Cc2ccncc2)C3=O)cc1. The first-order valence-corrected chi connectivity index (χ1v) is 10.7. The summed E-state index contributed by atoms with van der Waals surface area (Å²) >= 11 is 12.5. The summed E-state index contributed by atoms with van der Waals surface area (Å²) in [6.07, 6.45) is 3.43. The Balaban J connectivity index is 1.65. The number of pyridine rings is 1. The van der Waals surface area contributed by atoms with Crippen molar-refractivity contribution in [3.8, 4) is 17.0 Å². The molecule has 1 aliphatic heterocycles. The third kappa shape index (κ3) is 3.51. The van der Waals surface area contributed by atoms with Crippen LogP contribution in [0.2, 0.25) is 10.0 Å². The van der Waals surface area contributed by atoms with Gasteiger partial charge in [0.05, 0.1) is 28.9 Å². The zero-order valence-electron chi connectivity index (χ0n) is 17.0. The maximum absolute atomic E-state index is 13.4. The second-order valence-corrected chi connectivity index (χ2v) is 8.27. The van der Waals surface area contributed by atoms with E-state index in [0.29, 0.717) is 28.0 Å². The van der Waals surface area contributed by atoms with Gasteiger partial charge in [-0.05, 0) is 59.7 Å². The topological polar surface area (TPSA) is 71.1 Å². The first kappa shape index (κ1) is 20.5. The van der Waals surface area contributed by atoms with Gasteiger partial charge in [-0.15, -0.1) is 0 Å². The molecule has 32 heavy (non-hydrogen) atoms. The van der Waals surface area contributed by atoms with Crippen LogP contribution in [0, 0.1) is 0 Å². The molecule has 6 nitrogen and oxygen atoms in total. The second kappa shape index (κ2) is 8.30. The van der Waals surface area contributed by atoms with E-state index in [4.69, 9.17) is 27.9 Å². The molecule has 0 saturated heterocycles. The Morgan fingerprint density at radius 2 is 1.78 bits per heavy atom. The largest absolute Gasteiger partial charge is 0.497 e. The average molecular weight is 465 g/mol. The number of hydrogen-bond acceptors (Lipinski definition) is 4. The Morgan fingerprint density at radius 3 is 2.47 bits per heavy atom. The minimum Gasteiger partial charge on any atom is -0.497 e. The highest BCUT2D eigenvalue weighted by Gasteiger charge is 2.42. The van der Waals surface area contributed by atoms with Gasteiger partial charge in [-0.1, -0.05) is 29.3 Å². The van der Waals surface area contributed by atoms with E-state index in [-0.39, 0.29) is 11.9 Å². The number of H-pyrrole nitrogens is 1. The molecule has 0 aliphatic carbocycles. The molecule has 0 saturated carbocycles. The van der Waals surface area contributed by atoms with Crippen molar-refractivity contribution < 1.29 is 9.53 Å². The Labute approximate surface area is 194 Å². The fraction of sp³-hybridized carbons (Fsp3) is 0.125. The zero-order valence-corrected chi connectivity index (χ0v) is 18.6. The minimum absolute atomic E-state index is 0.125. The number of aromatic nitrogens is 3. The van der Waals surface area contributed by atoms with Gasteiger partial charge in [0, 0.05) is 30.1 Å². The van der Waals surface area contributed by atoms with Crippen LogP contribution in [0.25, 0.3) is 11.3 Å². The number of benzene rings is 2. The smallest absolute Gasteiger partial charge is 0.273 e. The third-order valence-electron chi connectivity index (χ3n) is 5.59. The van der Waals surface area contributed by atoms with Crippen LogP contribution in [-0.2, 0) is 6.54 Å². The molecular weight excluding hydrogens is 447 g/mol. The Hall–Kier alpha value is -3.35. The average Bonchev–Trinajstić information content (AvgIpc) is 3.36. The summed E-state index contributed by atoms with van der Waals surface area (Å²) in [5, 5.41) is 8.34. The molecule has 2 aromatic heterocycles. The van der Waals surface area contributed by atoms with E-state index in [1.807, 2.05) is 47.4 Å². The van der Waals surface area contributed by atoms with Gasteiger partial charge in [0.15, 0.2) is 0 Å². The van der Waals surface area contributed by atoms with Gasteiger partial charge in [0.2, 0.25) is 0 Å². The summed E-state index contributed by atoms with van der Waals surface area (Å²) in [4.78, 5) is 19.3. The molecule has 2 aromatic carbocycles. The van der Waals surface area contributed by atoms with E-state index in [1.54, 1.807) is 31.6 Å². The summed E-state index contributed by atoms with van der Waals surface area (Å²) in [5.74, 6) is 0.623. The highest BCUT2D eigenvalue weighted by molar-refractivity contribution is 6.42. The first-order valence-electron chi connectivity index (χ1n) is 9.94. The van der Waals surface area contributed by atoms with Crippen LogP contribution in [0.5, 0.6) is 5.75 Å². The maximum Gasteiger partial charge on any atom is 0.273 e. The van der Waals surface area contributed by atoms with Crippen molar-refractivity contribution >= 4 is 29.1 Å². The van der Waals surface area contributed by atoms with Crippen LogP contribution in [-0.4, -0.2) is 33.1 Å². The lowest BCUT2D eigenvalue weighted by molar-refractivity contribution is 0.0730. The Bertz CT molecular complexity index is 1290. The Morgan fingerprint density at radius 1 is 1.03 bits per heavy atom. The fourth-order valence-corrected chi connectivity index (χ4v) is 4.35. The Kier molecular flexibility index (Phi) is 5.33. The van der Waals surface area contributed by atoms with Crippen molar-refractivity contribution in [2.45, 2.75) is 12.6 Å². The van der Waals surface area contributed by atoms with Crippen molar-refractivity contribution in [3.63, 3.8) is 0 Å². The summed E-state index contributed by atoms with van der Waals surface area (Å²) in [6, 6.07) is 16.5. The van der Waals surface area contributed by atoms with Gasteiger partial charge >= 0.3 is 0 Å². The van der Waals surface area contributed by atoms with Gasteiger partial charge < -0.3 is 9.64 Å². The minimum atomic E-state index is -0.378. The van der Waals surface area contributed by atoms with E-state index >= 15 is 0 Å². The molecule has 1 amide bonds. The quantitative estimate of drug-likeness (QED) is 0.421. The summed E-state index contributed by atoms with van der Waals surface area (Å²) < 4.78 is 5.27. The lowest BCUT2D eigenvalue weighted by Gasteiger charge is -2.26. The van der Waals surface area contributed by atoms with Crippen LogP contribution >= 0.6 is 23.2 Å². The molecular formula is C24H18Cl2N4O2. The van der Waals surface area contributed by atoms with Gasteiger partial charge in [0.25, 0.3) is 5.91 Å². The molecule has 0 spiro atoms. The van der Waals surface area contributed by atoms with Crippen LogP contribution in [0.15, 0.2) is 67.0 Å². The molecule has 0 radical (unpaired) electrons. The number of ether oxygens (including phenoxy) is 1. The summed E-state index contributed by atoms with van der Waals surface area (Å²) in [5.41, 5.74) is 4.71. The monoisotopic (exact) mass is 464 g/mol. The van der Waals surface area contributed by atoms with E-state index in [1.165, 1.54) is 0 Å². The lowest BCUT2D eigenvalue weighted by atomic mass is 9.96. The number of carbonyl (C=O) groups excluding carboxylic acids is 1.